The summed E-state index contributed by atoms with van der Waals surface area (Å²) >= 11 is 5.82. The minimum atomic E-state index is -0.309. The van der Waals surface area contributed by atoms with Crippen molar-refractivity contribution in [2.75, 3.05) is 5.32 Å². The average molecular weight is 258 g/mol. The maximum absolute atomic E-state index is 11.9. The second kappa shape index (κ2) is 5.30. The van der Waals surface area contributed by atoms with Crippen LogP contribution < -0.4 is 5.32 Å². The number of carbonyl (C=O) groups excluding carboxylic acids is 1. The fourth-order valence-corrected chi connectivity index (χ4v) is 1.59. The first-order valence-electron chi connectivity index (χ1n) is 5.12. The molecule has 0 radical (unpaired) electrons. The zero-order chi connectivity index (χ0) is 13.0. The molecule has 5 heteroatoms. The summed E-state index contributed by atoms with van der Waals surface area (Å²) < 4.78 is 0. The van der Waals surface area contributed by atoms with E-state index in [1.807, 2.05) is 6.07 Å². The van der Waals surface area contributed by atoms with Gasteiger partial charge in [0.1, 0.15) is 11.8 Å². The van der Waals surface area contributed by atoms with Gasteiger partial charge in [-0.1, -0.05) is 17.7 Å². The van der Waals surface area contributed by atoms with Gasteiger partial charge in [0.15, 0.2) is 0 Å². The molecule has 0 saturated heterocycles. The van der Waals surface area contributed by atoms with Crippen molar-refractivity contribution in [3.8, 4) is 6.07 Å². The van der Waals surface area contributed by atoms with Gasteiger partial charge in [-0.3, -0.25) is 4.79 Å². The number of halogens is 1. The van der Waals surface area contributed by atoms with Gasteiger partial charge in [0.25, 0.3) is 5.91 Å². The number of rotatable bonds is 2. The van der Waals surface area contributed by atoms with Crippen molar-refractivity contribution in [2.45, 2.75) is 0 Å². The molecule has 0 atom stereocenters. The molecule has 1 aromatic carbocycles. The van der Waals surface area contributed by atoms with E-state index in [0.717, 1.165) is 0 Å². The summed E-state index contributed by atoms with van der Waals surface area (Å²) in [4.78, 5) is 15.7. The van der Waals surface area contributed by atoms with Crippen LogP contribution in [0.4, 0.5) is 5.69 Å². The third kappa shape index (κ3) is 2.84. The Morgan fingerprint density at radius 1 is 1.33 bits per heavy atom. The van der Waals surface area contributed by atoms with E-state index in [2.05, 4.69) is 10.3 Å². The molecule has 18 heavy (non-hydrogen) atoms. The Balaban J connectivity index is 2.20. The maximum atomic E-state index is 11.9. The largest absolute Gasteiger partial charge is 0.322 e. The van der Waals surface area contributed by atoms with Crippen LogP contribution in [0.1, 0.15) is 16.1 Å². The molecular weight excluding hydrogens is 250 g/mol. The van der Waals surface area contributed by atoms with Gasteiger partial charge in [-0.25, -0.2) is 4.98 Å². The molecule has 0 aliphatic rings. The molecule has 0 saturated carbocycles. The van der Waals surface area contributed by atoms with E-state index in [1.165, 1.54) is 12.3 Å². The van der Waals surface area contributed by atoms with Crippen molar-refractivity contribution in [1.82, 2.24) is 4.98 Å². The van der Waals surface area contributed by atoms with Crippen LogP contribution in [0.15, 0.2) is 42.6 Å². The second-order valence-corrected chi connectivity index (χ2v) is 3.94. The van der Waals surface area contributed by atoms with Crippen molar-refractivity contribution in [1.29, 1.82) is 5.26 Å². The first-order chi connectivity index (χ1) is 8.69. The Morgan fingerprint density at radius 2 is 2.17 bits per heavy atom. The summed E-state index contributed by atoms with van der Waals surface area (Å²) in [6.07, 6.45) is 1.42. The maximum Gasteiger partial charge on any atom is 0.255 e. The molecule has 1 amide bonds. The zero-order valence-corrected chi connectivity index (χ0v) is 9.98. The summed E-state index contributed by atoms with van der Waals surface area (Å²) in [5, 5.41) is 11.9. The fraction of sp³-hybridized carbons (Fsp3) is 0. The molecule has 0 unspecified atom stereocenters. The highest BCUT2D eigenvalue weighted by Gasteiger charge is 2.07. The Kier molecular flexibility index (Phi) is 3.56. The van der Waals surface area contributed by atoms with Gasteiger partial charge in [0.05, 0.1) is 0 Å². The van der Waals surface area contributed by atoms with Crippen LogP contribution >= 0.6 is 11.6 Å². The van der Waals surface area contributed by atoms with Crippen LogP contribution in [0.5, 0.6) is 0 Å². The van der Waals surface area contributed by atoms with Gasteiger partial charge >= 0.3 is 0 Å². The molecule has 2 aromatic rings. The van der Waals surface area contributed by atoms with Crippen LogP contribution in [-0.4, -0.2) is 10.9 Å². The molecule has 1 heterocycles. The molecule has 1 N–H and O–H groups in total. The van der Waals surface area contributed by atoms with E-state index >= 15 is 0 Å². The van der Waals surface area contributed by atoms with Gasteiger partial charge in [-0.15, -0.1) is 0 Å². The van der Waals surface area contributed by atoms with Crippen molar-refractivity contribution < 1.29 is 4.79 Å². The van der Waals surface area contributed by atoms with Crippen molar-refractivity contribution in [3.63, 3.8) is 0 Å². The predicted molar refractivity (Wildman–Crippen MR) is 68.4 cm³/mol. The highest BCUT2D eigenvalue weighted by Crippen LogP contribution is 2.15. The van der Waals surface area contributed by atoms with Crippen LogP contribution in [-0.2, 0) is 0 Å². The van der Waals surface area contributed by atoms with E-state index in [-0.39, 0.29) is 11.6 Å². The van der Waals surface area contributed by atoms with E-state index in [9.17, 15) is 4.79 Å². The summed E-state index contributed by atoms with van der Waals surface area (Å²) in [6, 6.07) is 11.7. The first-order valence-corrected chi connectivity index (χ1v) is 5.50. The number of nitrogens with zero attached hydrogens (tertiary/aromatic N) is 2. The van der Waals surface area contributed by atoms with E-state index in [1.54, 1.807) is 30.3 Å². The van der Waals surface area contributed by atoms with Gasteiger partial charge in [-0.2, -0.15) is 5.26 Å². The highest BCUT2D eigenvalue weighted by atomic mass is 35.5. The van der Waals surface area contributed by atoms with Crippen LogP contribution in [0.25, 0.3) is 0 Å². The quantitative estimate of drug-likeness (QED) is 0.900. The molecule has 0 fully saturated rings. The standard InChI is InChI=1S/C13H8ClN3O/c14-10-2-1-3-11(7-10)17-13(18)9-4-5-16-12(6-9)8-15/h1-7H,(H,17,18). The summed E-state index contributed by atoms with van der Waals surface area (Å²) in [5.74, 6) is -0.309. The van der Waals surface area contributed by atoms with Crippen LogP contribution in [0.3, 0.4) is 0 Å². The summed E-state index contributed by atoms with van der Waals surface area (Å²) in [5.41, 5.74) is 1.18. The Morgan fingerprint density at radius 3 is 2.89 bits per heavy atom. The molecule has 88 valence electrons. The minimum absolute atomic E-state index is 0.203. The van der Waals surface area contributed by atoms with Gasteiger partial charge in [0.2, 0.25) is 0 Å². The van der Waals surface area contributed by atoms with Crippen molar-refractivity contribution >= 4 is 23.2 Å². The average Bonchev–Trinajstić information content (AvgIpc) is 2.39. The lowest BCUT2D eigenvalue weighted by molar-refractivity contribution is 0.102. The minimum Gasteiger partial charge on any atom is -0.322 e. The normalized spacial score (nSPS) is 9.56. The van der Waals surface area contributed by atoms with Crippen LogP contribution in [0.2, 0.25) is 5.02 Å². The number of nitriles is 1. The number of aromatic nitrogens is 1. The molecule has 0 aliphatic carbocycles. The van der Waals surface area contributed by atoms with Crippen molar-refractivity contribution in [2.24, 2.45) is 0 Å². The number of nitrogens with one attached hydrogen (secondary N) is 1. The summed E-state index contributed by atoms with van der Waals surface area (Å²) in [6.45, 7) is 0. The smallest absolute Gasteiger partial charge is 0.255 e. The number of pyridine rings is 1. The molecule has 0 spiro atoms. The summed E-state index contributed by atoms with van der Waals surface area (Å²) in [7, 11) is 0. The molecule has 0 aliphatic heterocycles. The number of hydrogen-bond donors (Lipinski definition) is 1. The Hall–Kier alpha value is -2.38. The lowest BCUT2D eigenvalue weighted by atomic mass is 10.2. The Labute approximate surface area is 109 Å². The van der Waals surface area contributed by atoms with Crippen molar-refractivity contribution in [3.05, 3.63) is 58.9 Å². The second-order valence-electron chi connectivity index (χ2n) is 3.51. The number of amides is 1. The molecular formula is C13H8ClN3O. The van der Waals surface area contributed by atoms with E-state index in [4.69, 9.17) is 16.9 Å². The zero-order valence-electron chi connectivity index (χ0n) is 9.22. The van der Waals surface area contributed by atoms with Gasteiger partial charge in [-0.05, 0) is 30.3 Å². The molecule has 2 rings (SSSR count). The number of carbonyl (C=O) groups is 1. The van der Waals surface area contributed by atoms with Gasteiger partial charge in [0, 0.05) is 22.5 Å². The van der Waals surface area contributed by atoms with Crippen LogP contribution in [0, 0.1) is 11.3 Å². The number of anilines is 1. The number of benzene rings is 1. The Bertz CT molecular complexity index is 634. The SMILES string of the molecule is N#Cc1cc(C(=O)Nc2cccc(Cl)c2)ccn1. The third-order valence-electron chi connectivity index (χ3n) is 2.22. The van der Waals surface area contributed by atoms with E-state index in [0.29, 0.717) is 16.3 Å². The third-order valence-corrected chi connectivity index (χ3v) is 2.45. The monoisotopic (exact) mass is 257 g/mol. The van der Waals surface area contributed by atoms with E-state index < -0.39 is 0 Å². The molecule has 1 aromatic heterocycles. The molecule has 4 nitrogen and oxygen atoms in total. The topological polar surface area (TPSA) is 65.8 Å². The number of hydrogen-bond acceptors (Lipinski definition) is 3. The fourth-order valence-electron chi connectivity index (χ4n) is 1.40. The molecule has 0 bridgehead atoms. The van der Waals surface area contributed by atoms with Gasteiger partial charge < -0.3 is 5.32 Å². The predicted octanol–water partition coefficient (Wildman–Crippen LogP) is 2.86. The highest BCUT2D eigenvalue weighted by molar-refractivity contribution is 6.30. The lowest BCUT2D eigenvalue weighted by Crippen LogP contribution is -2.12. The first kappa shape index (κ1) is 12.1. The lowest BCUT2D eigenvalue weighted by Gasteiger charge is -2.05.